The average molecular weight is 284 g/mol. The number of ether oxygens (including phenoxy) is 2. The molecule has 4 nitrogen and oxygen atoms in total. The molecule has 0 saturated carbocycles. The van der Waals surface area contributed by atoms with Crippen LogP contribution in [0.2, 0.25) is 0 Å². The highest BCUT2D eigenvalue weighted by molar-refractivity contribution is 7.09. The summed E-state index contributed by atoms with van der Waals surface area (Å²) in [5, 5.41) is 3.19. The van der Waals surface area contributed by atoms with Crippen molar-refractivity contribution in [2.45, 2.75) is 19.3 Å². The van der Waals surface area contributed by atoms with Gasteiger partial charge < -0.3 is 14.8 Å². The van der Waals surface area contributed by atoms with Gasteiger partial charge in [-0.1, -0.05) is 0 Å². The predicted octanol–water partition coefficient (Wildman–Crippen LogP) is 3.64. The predicted molar refractivity (Wildman–Crippen MR) is 66.8 cm³/mol. The number of rotatable bonds is 3. The van der Waals surface area contributed by atoms with Crippen LogP contribution >= 0.6 is 11.3 Å². The van der Waals surface area contributed by atoms with Gasteiger partial charge in [0.25, 0.3) is 0 Å². The zero-order valence-corrected chi connectivity index (χ0v) is 10.7. The Morgan fingerprint density at radius 1 is 1.32 bits per heavy atom. The second-order valence-corrected chi connectivity index (χ2v) is 5.02. The van der Waals surface area contributed by atoms with Crippen LogP contribution in [0.5, 0.6) is 11.5 Å². The quantitative estimate of drug-likeness (QED) is 0.934. The zero-order valence-electron chi connectivity index (χ0n) is 9.89. The summed E-state index contributed by atoms with van der Waals surface area (Å²) in [6.45, 7) is 1.96. The van der Waals surface area contributed by atoms with Gasteiger partial charge in [-0.15, -0.1) is 20.1 Å². The Morgan fingerprint density at radius 2 is 2.11 bits per heavy atom. The number of hydrogen-bond donors (Lipinski definition) is 1. The summed E-state index contributed by atoms with van der Waals surface area (Å²) < 4.78 is 34.5. The molecule has 0 amide bonds. The number of aromatic nitrogens is 1. The van der Waals surface area contributed by atoms with E-state index in [4.69, 9.17) is 0 Å². The maximum Gasteiger partial charge on any atom is 0.586 e. The van der Waals surface area contributed by atoms with Gasteiger partial charge in [0.2, 0.25) is 0 Å². The lowest BCUT2D eigenvalue weighted by Crippen LogP contribution is -2.25. The molecule has 0 aliphatic carbocycles. The summed E-state index contributed by atoms with van der Waals surface area (Å²) in [4.78, 5) is 5.05. The summed E-state index contributed by atoms with van der Waals surface area (Å²) in [6.07, 6.45) is -1.81. The number of alkyl halides is 2. The number of fused-ring (bicyclic) bond motifs is 1. The molecule has 0 fully saturated rings. The number of nitrogens with zero attached hydrogens (tertiary/aromatic N) is 1. The molecule has 0 saturated heterocycles. The maximum atomic E-state index is 12.9. The van der Waals surface area contributed by atoms with Gasteiger partial charge in [-0.05, 0) is 19.1 Å². The lowest BCUT2D eigenvalue weighted by Gasteiger charge is -2.13. The fourth-order valence-corrected chi connectivity index (χ4v) is 2.43. The molecule has 1 aromatic heterocycles. The normalized spacial score (nSPS) is 17.2. The van der Waals surface area contributed by atoms with E-state index in [1.165, 1.54) is 23.5 Å². The van der Waals surface area contributed by atoms with Crippen molar-refractivity contribution in [3.8, 4) is 11.5 Å². The van der Waals surface area contributed by atoms with Crippen LogP contribution < -0.4 is 14.8 Å². The molecule has 1 N–H and O–H groups in total. The monoisotopic (exact) mass is 284 g/mol. The number of benzene rings is 1. The molecule has 1 aliphatic heterocycles. The highest BCUT2D eigenvalue weighted by Gasteiger charge is 2.43. The number of anilines is 1. The Balaban J connectivity index is 1.77. The van der Waals surface area contributed by atoms with E-state index >= 15 is 0 Å². The number of nitrogens with one attached hydrogen (secondary N) is 1. The number of hydrogen-bond acceptors (Lipinski definition) is 5. The lowest BCUT2D eigenvalue weighted by atomic mass is 10.2. The minimum atomic E-state index is -3.58. The third-order valence-electron chi connectivity index (χ3n) is 2.66. The molecular formula is C12H10F2N2O2S. The van der Waals surface area contributed by atoms with E-state index < -0.39 is 6.29 Å². The van der Waals surface area contributed by atoms with E-state index in [1.54, 1.807) is 17.8 Å². The molecule has 3 rings (SSSR count). The SMILES string of the molecule is CC(Nc1ccc2c(c1)OC(F)(F)O2)c1cncs1. The molecule has 19 heavy (non-hydrogen) atoms. The molecule has 2 heterocycles. The summed E-state index contributed by atoms with van der Waals surface area (Å²) in [6, 6.07) is 4.65. The Morgan fingerprint density at radius 3 is 2.84 bits per heavy atom. The third kappa shape index (κ3) is 2.46. The van der Waals surface area contributed by atoms with Crippen molar-refractivity contribution in [2.24, 2.45) is 0 Å². The molecule has 1 atom stereocenters. The first-order valence-corrected chi connectivity index (χ1v) is 6.46. The van der Waals surface area contributed by atoms with Crippen LogP contribution in [0.1, 0.15) is 17.8 Å². The van der Waals surface area contributed by atoms with Gasteiger partial charge >= 0.3 is 6.29 Å². The van der Waals surface area contributed by atoms with E-state index in [9.17, 15) is 8.78 Å². The minimum Gasteiger partial charge on any atom is -0.395 e. The lowest BCUT2D eigenvalue weighted by molar-refractivity contribution is -0.286. The summed E-state index contributed by atoms with van der Waals surface area (Å²) in [7, 11) is 0. The van der Waals surface area contributed by atoms with Crippen molar-refractivity contribution < 1.29 is 18.3 Å². The highest BCUT2D eigenvalue weighted by Crippen LogP contribution is 2.42. The first kappa shape index (κ1) is 12.2. The van der Waals surface area contributed by atoms with Crippen molar-refractivity contribution >= 4 is 17.0 Å². The largest absolute Gasteiger partial charge is 0.586 e. The second kappa shape index (κ2) is 4.34. The van der Waals surface area contributed by atoms with Crippen molar-refractivity contribution in [2.75, 3.05) is 5.32 Å². The standard InChI is InChI=1S/C12H10F2N2O2S/c1-7(11-5-15-6-19-11)16-8-2-3-9-10(4-8)18-12(13,14)17-9/h2-7,16H,1H3. The minimum absolute atomic E-state index is 0.0338. The first-order valence-electron chi connectivity index (χ1n) is 5.58. The van der Waals surface area contributed by atoms with Gasteiger partial charge in [0.1, 0.15) is 0 Å². The third-order valence-corrected chi connectivity index (χ3v) is 3.62. The van der Waals surface area contributed by atoms with Crippen molar-refractivity contribution in [1.29, 1.82) is 0 Å². The zero-order chi connectivity index (χ0) is 13.5. The van der Waals surface area contributed by atoms with Gasteiger partial charge in [-0.2, -0.15) is 0 Å². The molecule has 100 valence electrons. The molecule has 2 aromatic rings. The summed E-state index contributed by atoms with van der Waals surface area (Å²) in [5.74, 6) is 0.0764. The molecule has 7 heteroatoms. The molecule has 1 aromatic carbocycles. The van der Waals surface area contributed by atoms with Gasteiger partial charge in [0.05, 0.1) is 11.6 Å². The summed E-state index contributed by atoms with van der Waals surface area (Å²) in [5.41, 5.74) is 2.43. The van der Waals surface area contributed by atoms with Crippen LogP contribution in [-0.4, -0.2) is 11.3 Å². The summed E-state index contributed by atoms with van der Waals surface area (Å²) >= 11 is 1.53. The average Bonchev–Trinajstić information content (AvgIpc) is 2.93. The molecule has 0 spiro atoms. The number of halogens is 2. The fourth-order valence-electron chi connectivity index (χ4n) is 1.80. The van der Waals surface area contributed by atoms with Crippen molar-refractivity contribution in [1.82, 2.24) is 4.98 Å². The smallest absolute Gasteiger partial charge is 0.395 e. The molecule has 1 unspecified atom stereocenters. The van der Waals surface area contributed by atoms with Crippen LogP contribution in [-0.2, 0) is 0 Å². The van der Waals surface area contributed by atoms with E-state index in [1.807, 2.05) is 6.92 Å². The number of thiazole rings is 1. The highest BCUT2D eigenvalue weighted by atomic mass is 32.1. The van der Waals surface area contributed by atoms with Crippen LogP contribution in [0.15, 0.2) is 29.9 Å². The molecule has 0 radical (unpaired) electrons. The fraction of sp³-hybridized carbons (Fsp3) is 0.250. The molecular weight excluding hydrogens is 274 g/mol. The van der Waals surface area contributed by atoms with Gasteiger partial charge in [-0.25, -0.2) is 0 Å². The van der Waals surface area contributed by atoms with E-state index in [-0.39, 0.29) is 17.5 Å². The molecule has 0 bridgehead atoms. The topological polar surface area (TPSA) is 43.4 Å². The van der Waals surface area contributed by atoms with Crippen LogP contribution in [0.4, 0.5) is 14.5 Å². The Kier molecular flexibility index (Phi) is 2.78. The van der Waals surface area contributed by atoms with Crippen molar-refractivity contribution in [3.05, 3.63) is 34.8 Å². The Labute approximate surface area is 112 Å². The van der Waals surface area contributed by atoms with Crippen LogP contribution in [0.25, 0.3) is 0 Å². The van der Waals surface area contributed by atoms with Crippen molar-refractivity contribution in [3.63, 3.8) is 0 Å². The molecule has 1 aliphatic rings. The first-order chi connectivity index (χ1) is 9.03. The van der Waals surface area contributed by atoms with Gasteiger partial charge in [0, 0.05) is 22.8 Å². The van der Waals surface area contributed by atoms with Gasteiger partial charge in [0.15, 0.2) is 11.5 Å². The second-order valence-electron chi connectivity index (χ2n) is 4.10. The van der Waals surface area contributed by atoms with E-state index in [2.05, 4.69) is 19.8 Å². The maximum absolute atomic E-state index is 12.9. The Bertz CT molecular complexity index is 589. The van der Waals surface area contributed by atoms with Crippen LogP contribution in [0, 0.1) is 0 Å². The van der Waals surface area contributed by atoms with E-state index in [0.717, 1.165) is 4.88 Å². The van der Waals surface area contributed by atoms with Crippen LogP contribution in [0.3, 0.4) is 0 Å². The van der Waals surface area contributed by atoms with E-state index in [0.29, 0.717) is 5.69 Å². The van der Waals surface area contributed by atoms with Gasteiger partial charge in [-0.3, -0.25) is 4.98 Å². The Hall–Kier alpha value is -1.89.